The number of thioether (sulfide) groups is 1. The molecule has 0 saturated heterocycles. The van der Waals surface area contributed by atoms with Crippen LogP contribution in [0.5, 0.6) is 0 Å². The number of nitrogens with zero attached hydrogens (tertiary/aromatic N) is 2. The molecule has 0 aliphatic carbocycles. The molecule has 2 aromatic rings. The third-order valence-corrected chi connectivity index (χ3v) is 4.66. The third kappa shape index (κ3) is 3.75. The molecule has 5 heteroatoms. The lowest BCUT2D eigenvalue weighted by Gasteiger charge is -2.22. The van der Waals surface area contributed by atoms with Crippen LogP contribution in [0.1, 0.15) is 26.5 Å². The van der Waals surface area contributed by atoms with Gasteiger partial charge in [-0.25, -0.2) is 0 Å². The predicted molar refractivity (Wildman–Crippen MR) is 87.7 cm³/mol. The van der Waals surface area contributed by atoms with Crippen LogP contribution in [0.15, 0.2) is 24.3 Å². The largest absolute Gasteiger partial charge is 0.271 e. The summed E-state index contributed by atoms with van der Waals surface area (Å²) >= 11 is 1.92. The number of nitrogens with two attached hydrogens (primary N) is 1. The molecule has 20 heavy (non-hydrogen) atoms. The highest BCUT2D eigenvalue weighted by molar-refractivity contribution is 8.00. The monoisotopic (exact) mass is 292 g/mol. The van der Waals surface area contributed by atoms with E-state index in [1.54, 1.807) is 0 Å². The molecule has 1 atom stereocenters. The number of fused-ring (bicyclic) bond motifs is 1. The Morgan fingerprint density at radius 1 is 1.35 bits per heavy atom. The Hall–Kier alpha value is -1.04. The van der Waals surface area contributed by atoms with Crippen molar-refractivity contribution in [2.75, 3.05) is 5.75 Å². The molecule has 2 rings (SSSR count). The molecule has 3 N–H and O–H groups in total. The Morgan fingerprint density at radius 3 is 2.70 bits per heavy atom. The molecule has 0 fully saturated rings. The standard InChI is InChI=1S/C15H24N4S/c1-15(2,3)20-10-11(17-16)9-13-12-7-5-6-8-14(12)19(4)18-13/h5-8,11,17H,9-10,16H2,1-4H3. The fourth-order valence-corrected chi connectivity index (χ4v) is 3.10. The van der Waals surface area contributed by atoms with Gasteiger partial charge in [-0.3, -0.25) is 16.0 Å². The topological polar surface area (TPSA) is 55.9 Å². The van der Waals surface area contributed by atoms with E-state index in [0.717, 1.165) is 17.9 Å². The van der Waals surface area contributed by atoms with Crippen LogP contribution in [0, 0.1) is 0 Å². The van der Waals surface area contributed by atoms with Crippen molar-refractivity contribution >= 4 is 22.7 Å². The van der Waals surface area contributed by atoms with E-state index < -0.39 is 0 Å². The van der Waals surface area contributed by atoms with Crippen molar-refractivity contribution in [3.05, 3.63) is 30.0 Å². The van der Waals surface area contributed by atoms with Crippen molar-refractivity contribution in [2.24, 2.45) is 12.9 Å². The van der Waals surface area contributed by atoms with E-state index in [2.05, 4.69) is 49.5 Å². The summed E-state index contributed by atoms with van der Waals surface area (Å²) in [6.07, 6.45) is 0.848. The molecule has 1 aromatic carbocycles. The molecular weight excluding hydrogens is 268 g/mol. The number of benzene rings is 1. The van der Waals surface area contributed by atoms with Gasteiger partial charge in [0.2, 0.25) is 0 Å². The summed E-state index contributed by atoms with van der Waals surface area (Å²) in [7, 11) is 1.99. The Morgan fingerprint density at radius 2 is 2.05 bits per heavy atom. The predicted octanol–water partition coefficient (Wildman–Crippen LogP) is 2.48. The van der Waals surface area contributed by atoms with Gasteiger partial charge >= 0.3 is 0 Å². The molecule has 0 saturated carbocycles. The van der Waals surface area contributed by atoms with E-state index in [1.807, 2.05) is 29.6 Å². The Balaban J connectivity index is 2.13. The fourth-order valence-electron chi connectivity index (χ4n) is 2.19. The summed E-state index contributed by atoms with van der Waals surface area (Å²) in [5.74, 6) is 6.68. The van der Waals surface area contributed by atoms with Gasteiger partial charge in [0.05, 0.1) is 11.2 Å². The summed E-state index contributed by atoms with van der Waals surface area (Å²) in [6.45, 7) is 6.67. The van der Waals surface area contributed by atoms with Gasteiger partial charge < -0.3 is 0 Å². The zero-order valence-electron chi connectivity index (χ0n) is 12.7. The number of hydrogen-bond acceptors (Lipinski definition) is 4. The molecule has 0 spiro atoms. The summed E-state index contributed by atoms with van der Waals surface area (Å²) in [5.41, 5.74) is 5.21. The summed E-state index contributed by atoms with van der Waals surface area (Å²) in [5, 5.41) is 5.85. The Labute approximate surface area is 125 Å². The van der Waals surface area contributed by atoms with Crippen molar-refractivity contribution in [1.82, 2.24) is 15.2 Å². The lowest BCUT2D eigenvalue weighted by Crippen LogP contribution is -2.39. The highest BCUT2D eigenvalue weighted by Gasteiger charge is 2.18. The highest BCUT2D eigenvalue weighted by atomic mass is 32.2. The number of hydrogen-bond donors (Lipinski definition) is 2. The molecule has 0 radical (unpaired) electrons. The SMILES string of the molecule is Cn1nc(CC(CSC(C)(C)C)NN)c2ccccc21. The lowest BCUT2D eigenvalue weighted by atomic mass is 10.1. The zero-order valence-corrected chi connectivity index (χ0v) is 13.5. The van der Waals surface area contributed by atoms with E-state index >= 15 is 0 Å². The maximum atomic E-state index is 5.70. The smallest absolute Gasteiger partial charge is 0.0719 e. The molecule has 0 aliphatic heterocycles. The quantitative estimate of drug-likeness (QED) is 0.656. The first kappa shape index (κ1) is 15.4. The summed E-state index contributed by atoms with van der Waals surface area (Å²) < 4.78 is 2.19. The maximum absolute atomic E-state index is 5.70. The van der Waals surface area contributed by atoms with Crippen LogP contribution >= 0.6 is 11.8 Å². The summed E-state index contributed by atoms with van der Waals surface area (Å²) in [4.78, 5) is 0. The first-order valence-corrected chi connectivity index (χ1v) is 7.90. The molecule has 110 valence electrons. The lowest BCUT2D eigenvalue weighted by molar-refractivity contribution is 0.563. The zero-order chi connectivity index (χ0) is 14.8. The van der Waals surface area contributed by atoms with Crippen LogP contribution in [0.4, 0.5) is 0 Å². The molecule has 1 aromatic heterocycles. The Bertz CT molecular complexity index is 571. The van der Waals surface area contributed by atoms with Gasteiger partial charge in [-0.2, -0.15) is 16.9 Å². The molecule has 0 bridgehead atoms. The minimum atomic E-state index is 0.234. The molecule has 1 heterocycles. The second kappa shape index (κ2) is 6.16. The van der Waals surface area contributed by atoms with Crippen LogP contribution in [-0.2, 0) is 13.5 Å². The van der Waals surface area contributed by atoms with E-state index in [-0.39, 0.29) is 10.8 Å². The van der Waals surface area contributed by atoms with E-state index in [0.29, 0.717) is 0 Å². The van der Waals surface area contributed by atoms with Crippen molar-refractivity contribution in [3.63, 3.8) is 0 Å². The Kier molecular flexibility index (Phi) is 4.73. The van der Waals surface area contributed by atoms with Gasteiger partial charge in [0.15, 0.2) is 0 Å². The molecule has 0 amide bonds. The van der Waals surface area contributed by atoms with Crippen molar-refractivity contribution in [1.29, 1.82) is 0 Å². The minimum Gasteiger partial charge on any atom is -0.271 e. The van der Waals surface area contributed by atoms with E-state index in [1.165, 1.54) is 10.9 Å². The van der Waals surface area contributed by atoms with E-state index in [9.17, 15) is 0 Å². The third-order valence-electron chi connectivity index (χ3n) is 3.23. The molecule has 1 unspecified atom stereocenters. The van der Waals surface area contributed by atoms with Crippen LogP contribution in [0.2, 0.25) is 0 Å². The molecular formula is C15H24N4S. The first-order chi connectivity index (χ1) is 9.40. The maximum Gasteiger partial charge on any atom is 0.0719 e. The van der Waals surface area contributed by atoms with Gasteiger partial charge in [-0.1, -0.05) is 39.0 Å². The van der Waals surface area contributed by atoms with Crippen molar-refractivity contribution in [3.8, 4) is 0 Å². The second-order valence-electron chi connectivity index (χ2n) is 6.08. The summed E-state index contributed by atoms with van der Waals surface area (Å²) in [6, 6.07) is 8.56. The number of rotatable bonds is 5. The molecule has 0 aliphatic rings. The van der Waals surface area contributed by atoms with Crippen LogP contribution < -0.4 is 11.3 Å². The number of para-hydroxylation sites is 1. The number of aromatic nitrogens is 2. The van der Waals surface area contributed by atoms with Crippen LogP contribution in [0.25, 0.3) is 10.9 Å². The fraction of sp³-hybridized carbons (Fsp3) is 0.533. The van der Waals surface area contributed by atoms with Gasteiger partial charge in [-0.15, -0.1) is 0 Å². The number of aryl methyl sites for hydroxylation is 1. The van der Waals surface area contributed by atoms with Crippen LogP contribution in [-0.4, -0.2) is 26.3 Å². The van der Waals surface area contributed by atoms with Gasteiger partial charge in [-0.05, 0) is 6.07 Å². The number of nitrogens with one attached hydrogen (secondary N) is 1. The van der Waals surface area contributed by atoms with Crippen molar-refractivity contribution < 1.29 is 0 Å². The highest BCUT2D eigenvalue weighted by Crippen LogP contribution is 2.25. The minimum absolute atomic E-state index is 0.234. The second-order valence-corrected chi connectivity index (χ2v) is 7.93. The molecule has 4 nitrogen and oxygen atoms in total. The first-order valence-electron chi connectivity index (χ1n) is 6.91. The van der Waals surface area contributed by atoms with Gasteiger partial charge in [0.25, 0.3) is 0 Å². The average molecular weight is 292 g/mol. The average Bonchev–Trinajstić information content (AvgIpc) is 2.71. The number of hydrazine groups is 1. The normalized spacial score (nSPS) is 13.8. The van der Waals surface area contributed by atoms with Gasteiger partial charge in [0.1, 0.15) is 0 Å². The van der Waals surface area contributed by atoms with Gasteiger partial charge in [0, 0.05) is 35.4 Å². The van der Waals surface area contributed by atoms with Crippen molar-refractivity contribution in [2.45, 2.75) is 38.0 Å². The van der Waals surface area contributed by atoms with Crippen LogP contribution in [0.3, 0.4) is 0 Å². The van der Waals surface area contributed by atoms with E-state index in [4.69, 9.17) is 5.84 Å².